The fourth-order valence-electron chi connectivity index (χ4n) is 5.30. The molecule has 1 aliphatic heterocycles. The number of cyclic esters (lactones) is 2. The molecular weight excluding hydrogens is 804 g/mol. The van der Waals surface area contributed by atoms with Crippen molar-refractivity contribution in [3.05, 3.63) is 0 Å². The molecule has 1 saturated heterocycles. The van der Waals surface area contributed by atoms with E-state index in [1.807, 2.05) is 18.8 Å². The van der Waals surface area contributed by atoms with E-state index in [2.05, 4.69) is 18.4 Å². The van der Waals surface area contributed by atoms with Crippen LogP contribution < -0.4 is 89.8 Å². The van der Waals surface area contributed by atoms with Crippen molar-refractivity contribution in [1.29, 1.82) is 0 Å². The van der Waals surface area contributed by atoms with Crippen LogP contribution in [-0.2, 0) is 28.6 Å². The third-order valence-corrected chi connectivity index (χ3v) is 10.3. The van der Waals surface area contributed by atoms with Gasteiger partial charge < -0.3 is 75.7 Å². The molecule has 310 valence electrons. The van der Waals surface area contributed by atoms with Crippen LogP contribution in [0.4, 0.5) is 0 Å². The summed E-state index contributed by atoms with van der Waals surface area (Å²) >= 11 is 4.53. The monoisotopic (exact) mass is 871 g/mol. The van der Waals surface area contributed by atoms with E-state index in [9.17, 15) is 14.4 Å². The summed E-state index contributed by atoms with van der Waals surface area (Å²) < 4.78 is 17.5. The van der Waals surface area contributed by atoms with Crippen LogP contribution in [0.2, 0.25) is 0 Å². The van der Waals surface area contributed by atoms with Crippen molar-refractivity contribution in [2.45, 2.75) is 139 Å². The number of esters is 3. The number of ether oxygens (including phenoxy) is 3. The van der Waals surface area contributed by atoms with E-state index in [-0.39, 0.29) is 81.5 Å². The minimum atomic E-state index is -2.22. The molecule has 0 aromatic rings. The number of quaternary nitrogens is 4. The largest absolute Gasteiger partial charge is 1.00 e. The lowest BCUT2D eigenvalue weighted by molar-refractivity contribution is -0.774. The van der Waals surface area contributed by atoms with Crippen molar-refractivity contribution in [3.8, 4) is 0 Å². The first kappa shape index (κ1) is 60.6. The van der Waals surface area contributed by atoms with Gasteiger partial charge in [0.2, 0.25) is 23.1 Å². The molecule has 1 heterocycles. The topological polar surface area (TPSA) is 265 Å². The summed E-state index contributed by atoms with van der Waals surface area (Å²) in [6, 6.07) is 0. The van der Waals surface area contributed by atoms with Crippen LogP contribution in [0, 0.1) is 0 Å². The summed E-state index contributed by atoms with van der Waals surface area (Å²) in [6.07, 6.45) is 19.0. The van der Waals surface area contributed by atoms with Crippen molar-refractivity contribution in [2.75, 3.05) is 36.0 Å². The van der Waals surface area contributed by atoms with Crippen LogP contribution in [-0.4, -0.2) is 82.9 Å². The number of carbonyl (C=O) groups is 3. The van der Waals surface area contributed by atoms with Crippen LogP contribution in [0.1, 0.15) is 110 Å². The van der Waals surface area contributed by atoms with E-state index >= 15 is 0 Å². The molecule has 18 N–H and O–H groups in total. The molecule has 0 bridgehead atoms. The zero-order valence-electron chi connectivity index (χ0n) is 31.4. The maximum absolute atomic E-state index is 13.7. The molecule has 1 fully saturated rings. The molecule has 0 aromatic carbocycles. The Hall–Kier alpha value is 0.340. The van der Waals surface area contributed by atoms with Crippen molar-refractivity contribution in [3.63, 3.8) is 0 Å². The van der Waals surface area contributed by atoms with Crippen LogP contribution >= 0.6 is 35.3 Å². The predicted molar refractivity (Wildman–Crippen MR) is 194 cm³/mol. The van der Waals surface area contributed by atoms with Gasteiger partial charge in [-0.2, -0.15) is 35.3 Å². The zero-order chi connectivity index (χ0) is 34.7. The third kappa shape index (κ3) is 21.9. The average molecular weight is 874 g/mol. The molecule has 0 aromatic heterocycles. The fourth-order valence-corrected chi connectivity index (χ4v) is 6.95. The standard InChI is InChI=1S/C31H62N6O6S3.4ClH.H3N/c1-5-6-7-8-9-10-11-12-13-14-15-16-17-24(41-25(38)28(32,33)18-21-44-2)31(36)42-26(39)29(34,19-22-45-3)37-30(35,20-23-46-4)27(40)43-31;;;;;/h24,37H,5-23,32-36H2,1-4H3;4*1H;1H3. The average Bonchev–Trinajstić information content (AvgIpc) is 3.01. The number of rotatable bonds is 25. The quantitative estimate of drug-likeness (QED) is 0.0256. The minimum Gasteiger partial charge on any atom is -1.00 e. The normalized spacial score (nSPS) is 23.1. The Bertz CT molecular complexity index is 909. The fraction of sp³-hybridized carbons (Fsp3) is 0.903. The van der Waals surface area contributed by atoms with Gasteiger partial charge >= 0.3 is 23.8 Å². The molecule has 0 amide bonds. The summed E-state index contributed by atoms with van der Waals surface area (Å²) in [5.74, 6) is -3.10. The summed E-state index contributed by atoms with van der Waals surface area (Å²) in [6.45, 7) is 2.23. The number of nitrogens with two attached hydrogens (primary N) is 4. The highest BCUT2D eigenvalue weighted by Gasteiger charge is 2.62. The summed E-state index contributed by atoms with van der Waals surface area (Å²) in [5, 5.41) is 1.35. The number of unbranched alkanes of at least 4 members (excludes halogenated alkanes) is 11. The smallest absolute Gasteiger partial charge is 0.442 e. The number of hydrogen-bond acceptors (Lipinski definition) is 12. The van der Waals surface area contributed by atoms with Gasteiger partial charge in [0.15, 0.2) is 0 Å². The SMILES string of the molecule is CCCCCCCCCCCCCCC(OC(=O)C(N)([NH3+])CCSC)C1([NH3+])OC(=O)C(N)(CCSC)[NH2+]C(N)(CCSC)C(=O)O1.[Cl-].[Cl-].[Cl-].[Cl-].[NH4+]. The molecule has 0 aliphatic carbocycles. The highest BCUT2D eigenvalue weighted by molar-refractivity contribution is 7.98. The highest BCUT2D eigenvalue weighted by Crippen LogP contribution is 2.27. The maximum Gasteiger partial charge on any atom is 0.442 e. The van der Waals surface area contributed by atoms with Gasteiger partial charge in [0.05, 0.1) is 0 Å². The van der Waals surface area contributed by atoms with Gasteiger partial charge in [-0.05, 0) is 31.6 Å². The van der Waals surface area contributed by atoms with Gasteiger partial charge in [0.1, 0.15) is 0 Å². The number of halogens is 4. The molecule has 0 saturated carbocycles. The maximum atomic E-state index is 13.7. The summed E-state index contributed by atoms with van der Waals surface area (Å²) in [4.78, 5) is 40.8. The second-order valence-electron chi connectivity index (χ2n) is 12.8. The highest BCUT2D eigenvalue weighted by atomic mass is 35.5. The third-order valence-electron chi connectivity index (χ3n) is 8.46. The summed E-state index contributed by atoms with van der Waals surface area (Å²) in [7, 11) is 0. The van der Waals surface area contributed by atoms with E-state index < -0.39 is 46.9 Å². The van der Waals surface area contributed by atoms with Crippen LogP contribution in [0.5, 0.6) is 0 Å². The molecule has 4 atom stereocenters. The molecule has 51 heavy (non-hydrogen) atoms. The molecule has 1 aliphatic rings. The van der Waals surface area contributed by atoms with Gasteiger partial charge in [-0.1, -0.05) is 77.6 Å². The molecule has 0 radical (unpaired) electrons. The van der Waals surface area contributed by atoms with E-state index in [4.69, 9.17) is 31.4 Å². The lowest BCUT2D eigenvalue weighted by atomic mass is 9.99. The number of hydrogen-bond donors (Lipinski definition) is 7. The van der Waals surface area contributed by atoms with Crippen molar-refractivity contribution >= 4 is 53.2 Å². The van der Waals surface area contributed by atoms with E-state index in [0.717, 1.165) is 19.3 Å². The van der Waals surface area contributed by atoms with Crippen LogP contribution in [0.25, 0.3) is 0 Å². The van der Waals surface area contributed by atoms with E-state index in [1.165, 1.54) is 92.0 Å². The van der Waals surface area contributed by atoms with E-state index in [1.54, 1.807) is 0 Å². The second kappa shape index (κ2) is 31.5. The van der Waals surface area contributed by atoms with Crippen LogP contribution in [0.15, 0.2) is 0 Å². The molecule has 20 heteroatoms. The molecule has 13 nitrogen and oxygen atoms in total. The first-order valence-corrected chi connectivity index (χ1v) is 21.0. The molecular formula is C31H69Cl4N7O6S3. The summed E-state index contributed by atoms with van der Waals surface area (Å²) in [5.41, 5.74) is 22.5. The molecule has 1 rings (SSSR count). The lowest BCUT2D eigenvalue weighted by Crippen LogP contribution is -3.15. The van der Waals surface area contributed by atoms with Crippen molar-refractivity contribution < 1.29 is 95.0 Å². The predicted octanol–water partition coefficient (Wildman–Crippen LogP) is -10.6. The van der Waals surface area contributed by atoms with Gasteiger partial charge in [-0.3, -0.25) is 28.3 Å². The van der Waals surface area contributed by atoms with Gasteiger partial charge in [0.25, 0.3) is 0 Å². The number of carbonyl (C=O) groups excluding carboxylic acids is 3. The Balaban J connectivity index is -0.00000141. The Morgan fingerprint density at radius 2 is 1.16 bits per heavy atom. The van der Waals surface area contributed by atoms with E-state index in [0.29, 0.717) is 23.7 Å². The van der Waals surface area contributed by atoms with Gasteiger partial charge in [-0.15, -0.1) is 0 Å². The minimum absolute atomic E-state index is 0. The van der Waals surface area contributed by atoms with Crippen molar-refractivity contribution in [2.24, 2.45) is 17.2 Å². The first-order chi connectivity index (χ1) is 21.7. The van der Waals surface area contributed by atoms with Gasteiger partial charge in [-0.25, -0.2) is 14.4 Å². The Morgan fingerprint density at radius 3 is 1.53 bits per heavy atom. The van der Waals surface area contributed by atoms with Crippen LogP contribution in [0.3, 0.4) is 0 Å². The Kier molecular flexibility index (Phi) is 37.5. The van der Waals surface area contributed by atoms with Crippen molar-refractivity contribution in [1.82, 2.24) is 6.15 Å². The first-order valence-electron chi connectivity index (χ1n) is 16.8. The van der Waals surface area contributed by atoms with Gasteiger partial charge in [0, 0.05) is 36.5 Å². The second-order valence-corrected chi connectivity index (χ2v) is 15.7. The Morgan fingerprint density at radius 1 is 0.784 bits per heavy atom. The molecule has 0 spiro atoms. The zero-order valence-corrected chi connectivity index (χ0v) is 36.9. The lowest BCUT2D eigenvalue weighted by Gasteiger charge is -2.41. The molecule has 4 unspecified atom stereocenters. The Labute approximate surface area is 344 Å². The number of thioether (sulfide) groups is 3.